The SMILES string of the molecule is CNC(=S)c1cc(N=C=S)c(OC)cc1OC. The lowest BCUT2D eigenvalue weighted by molar-refractivity contribution is 0.394. The van der Waals surface area contributed by atoms with Gasteiger partial charge in [-0.3, -0.25) is 0 Å². The molecule has 1 aromatic carbocycles. The largest absolute Gasteiger partial charge is 0.496 e. The average Bonchev–Trinajstić information content (AvgIpc) is 2.37. The van der Waals surface area contributed by atoms with Crippen LogP contribution in [0.25, 0.3) is 0 Å². The van der Waals surface area contributed by atoms with Crippen LogP contribution in [0.3, 0.4) is 0 Å². The molecule has 0 amide bonds. The molecule has 0 aliphatic rings. The molecule has 0 unspecified atom stereocenters. The molecule has 0 bridgehead atoms. The molecule has 90 valence electrons. The molecule has 0 heterocycles. The van der Waals surface area contributed by atoms with Crippen molar-refractivity contribution in [1.29, 1.82) is 0 Å². The standard InChI is InChI=1S/C11H12N2O2S2/c1-12-11(17)7-4-8(13-6-16)10(15-3)5-9(7)14-2/h4-5H,1-3H3,(H,12,17). The first-order valence-electron chi connectivity index (χ1n) is 4.73. The summed E-state index contributed by atoms with van der Waals surface area (Å²) in [5.74, 6) is 1.17. The maximum atomic E-state index is 5.25. The highest BCUT2D eigenvalue weighted by Gasteiger charge is 2.13. The normalized spacial score (nSPS) is 9.12. The summed E-state index contributed by atoms with van der Waals surface area (Å²) in [6.07, 6.45) is 0. The van der Waals surface area contributed by atoms with Gasteiger partial charge in [0, 0.05) is 13.1 Å². The van der Waals surface area contributed by atoms with Gasteiger partial charge in [0.15, 0.2) is 0 Å². The summed E-state index contributed by atoms with van der Waals surface area (Å²) in [6, 6.07) is 3.46. The Morgan fingerprint density at radius 2 is 1.94 bits per heavy atom. The van der Waals surface area contributed by atoms with Crippen molar-refractivity contribution in [3.05, 3.63) is 17.7 Å². The van der Waals surface area contributed by atoms with Crippen LogP contribution in [0.15, 0.2) is 17.1 Å². The minimum Gasteiger partial charge on any atom is -0.496 e. The predicted molar refractivity (Wildman–Crippen MR) is 75.0 cm³/mol. The van der Waals surface area contributed by atoms with Gasteiger partial charge in [0.2, 0.25) is 0 Å². The zero-order valence-electron chi connectivity index (χ0n) is 9.73. The number of benzene rings is 1. The Hall–Kier alpha value is -1.49. The zero-order chi connectivity index (χ0) is 12.8. The molecule has 0 radical (unpaired) electrons. The molecule has 17 heavy (non-hydrogen) atoms. The third-order valence-electron chi connectivity index (χ3n) is 2.14. The van der Waals surface area contributed by atoms with Crippen molar-refractivity contribution < 1.29 is 9.47 Å². The second-order valence-corrected chi connectivity index (χ2v) is 3.60. The van der Waals surface area contributed by atoms with E-state index in [4.69, 9.17) is 21.7 Å². The first kappa shape index (κ1) is 13.6. The van der Waals surface area contributed by atoms with Crippen molar-refractivity contribution in [3.63, 3.8) is 0 Å². The van der Waals surface area contributed by atoms with E-state index in [9.17, 15) is 0 Å². The van der Waals surface area contributed by atoms with Gasteiger partial charge in [-0.25, -0.2) is 0 Å². The van der Waals surface area contributed by atoms with Crippen molar-refractivity contribution in [2.24, 2.45) is 4.99 Å². The molecule has 0 saturated heterocycles. The lowest BCUT2D eigenvalue weighted by Gasteiger charge is -2.12. The van der Waals surface area contributed by atoms with E-state index in [0.717, 1.165) is 5.56 Å². The highest BCUT2D eigenvalue weighted by Crippen LogP contribution is 2.34. The summed E-state index contributed by atoms with van der Waals surface area (Å²) in [5.41, 5.74) is 1.30. The monoisotopic (exact) mass is 268 g/mol. The first-order valence-corrected chi connectivity index (χ1v) is 5.55. The van der Waals surface area contributed by atoms with Crippen LogP contribution in [-0.4, -0.2) is 31.4 Å². The van der Waals surface area contributed by atoms with Crippen molar-refractivity contribution in [2.45, 2.75) is 0 Å². The Labute approximate surface area is 111 Å². The smallest absolute Gasteiger partial charge is 0.149 e. The van der Waals surface area contributed by atoms with E-state index < -0.39 is 0 Å². The topological polar surface area (TPSA) is 42.9 Å². The molecule has 0 aliphatic carbocycles. The summed E-state index contributed by atoms with van der Waals surface area (Å²) in [7, 11) is 4.86. The van der Waals surface area contributed by atoms with Gasteiger partial charge in [-0.1, -0.05) is 12.2 Å². The average molecular weight is 268 g/mol. The molecule has 4 nitrogen and oxygen atoms in total. The maximum absolute atomic E-state index is 5.25. The molecule has 1 aromatic rings. The Balaban J connectivity index is 3.43. The van der Waals surface area contributed by atoms with Crippen LogP contribution < -0.4 is 14.8 Å². The van der Waals surface area contributed by atoms with Gasteiger partial charge in [-0.05, 0) is 18.3 Å². The predicted octanol–water partition coefficient (Wildman–Crippen LogP) is 2.33. The summed E-state index contributed by atoms with van der Waals surface area (Å²) < 4.78 is 10.4. The molecule has 0 atom stereocenters. The van der Waals surface area contributed by atoms with E-state index in [2.05, 4.69) is 27.7 Å². The van der Waals surface area contributed by atoms with E-state index >= 15 is 0 Å². The van der Waals surface area contributed by atoms with Crippen LogP contribution in [0.5, 0.6) is 11.5 Å². The summed E-state index contributed by atoms with van der Waals surface area (Å²) in [6.45, 7) is 0. The molecule has 0 fully saturated rings. The van der Waals surface area contributed by atoms with Crippen LogP contribution in [0.2, 0.25) is 0 Å². The number of hydrogen-bond donors (Lipinski definition) is 1. The fraction of sp³-hybridized carbons (Fsp3) is 0.273. The number of thiocarbonyl (C=S) groups is 2. The lowest BCUT2D eigenvalue weighted by Crippen LogP contribution is -2.17. The number of methoxy groups -OCH3 is 2. The summed E-state index contributed by atoms with van der Waals surface area (Å²) in [5, 5.41) is 5.19. The Morgan fingerprint density at radius 3 is 2.41 bits per heavy atom. The highest BCUT2D eigenvalue weighted by atomic mass is 32.1. The molecule has 1 rings (SSSR count). The molecular weight excluding hydrogens is 256 g/mol. The molecule has 0 saturated carbocycles. The molecule has 6 heteroatoms. The Bertz CT molecular complexity index is 483. The number of aliphatic imine (C=N–C) groups is 1. The van der Waals surface area contributed by atoms with Crippen molar-refractivity contribution in [1.82, 2.24) is 5.32 Å². The number of ether oxygens (including phenoxy) is 2. The molecule has 0 spiro atoms. The number of nitrogens with one attached hydrogen (secondary N) is 1. The summed E-state index contributed by atoms with van der Waals surface area (Å²) >= 11 is 9.77. The van der Waals surface area contributed by atoms with Crippen LogP contribution in [0, 0.1) is 0 Å². The van der Waals surface area contributed by atoms with Gasteiger partial charge in [-0.2, -0.15) is 4.99 Å². The Kier molecular flexibility index (Phi) is 5.03. The number of rotatable bonds is 4. The lowest BCUT2D eigenvalue weighted by atomic mass is 10.1. The van der Waals surface area contributed by atoms with Crippen LogP contribution >= 0.6 is 24.4 Å². The number of hydrogen-bond acceptors (Lipinski definition) is 5. The first-order chi connectivity index (χ1) is 8.17. The molecule has 0 aromatic heterocycles. The second-order valence-electron chi connectivity index (χ2n) is 3.01. The van der Waals surface area contributed by atoms with Gasteiger partial charge >= 0.3 is 0 Å². The summed E-state index contributed by atoms with van der Waals surface area (Å²) in [4.78, 5) is 4.49. The third kappa shape index (κ3) is 3.00. The van der Waals surface area contributed by atoms with E-state index in [1.54, 1.807) is 33.4 Å². The van der Waals surface area contributed by atoms with E-state index in [1.807, 2.05) is 0 Å². The molecule has 1 N–H and O–H groups in total. The molecule has 0 aliphatic heterocycles. The van der Waals surface area contributed by atoms with E-state index in [0.29, 0.717) is 22.2 Å². The van der Waals surface area contributed by atoms with Crippen molar-refractivity contribution in [2.75, 3.05) is 21.3 Å². The van der Waals surface area contributed by atoms with E-state index in [1.165, 1.54) is 0 Å². The highest BCUT2D eigenvalue weighted by molar-refractivity contribution is 7.80. The zero-order valence-corrected chi connectivity index (χ0v) is 11.4. The quantitative estimate of drug-likeness (QED) is 0.670. The van der Waals surface area contributed by atoms with Crippen LogP contribution in [-0.2, 0) is 0 Å². The van der Waals surface area contributed by atoms with Gasteiger partial charge in [0.25, 0.3) is 0 Å². The Morgan fingerprint density at radius 1 is 1.29 bits per heavy atom. The van der Waals surface area contributed by atoms with Gasteiger partial charge in [0.05, 0.1) is 24.9 Å². The second kappa shape index (κ2) is 6.30. The molecular formula is C11H12N2O2S2. The van der Waals surface area contributed by atoms with Crippen molar-refractivity contribution >= 4 is 40.3 Å². The van der Waals surface area contributed by atoms with Gasteiger partial charge < -0.3 is 14.8 Å². The van der Waals surface area contributed by atoms with Gasteiger partial charge in [0.1, 0.15) is 22.2 Å². The maximum Gasteiger partial charge on any atom is 0.149 e. The minimum absolute atomic E-state index is 0.557. The van der Waals surface area contributed by atoms with E-state index in [-0.39, 0.29) is 0 Å². The third-order valence-corrected chi connectivity index (χ3v) is 2.65. The van der Waals surface area contributed by atoms with Gasteiger partial charge in [-0.15, -0.1) is 0 Å². The van der Waals surface area contributed by atoms with Crippen molar-refractivity contribution in [3.8, 4) is 11.5 Å². The fourth-order valence-corrected chi connectivity index (χ4v) is 1.59. The van der Waals surface area contributed by atoms with Crippen LogP contribution in [0.4, 0.5) is 5.69 Å². The van der Waals surface area contributed by atoms with Crippen LogP contribution in [0.1, 0.15) is 5.56 Å². The fourth-order valence-electron chi connectivity index (χ4n) is 1.33. The number of isothiocyanates is 1. The minimum atomic E-state index is 0.557. The number of nitrogens with zero attached hydrogens (tertiary/aromatic N) is 1.